The molecule has 4 nitrogen and oxygen atoms in total. The van der Waals surface area contributed by atoms with Gasteiger partial charge in [-0.25, -0.2) is 9.97 Å². The van der Waals surface area contributed by atoms with E-state index in [4.69, 9.17) is 0 Å². The molecule has 0 bridgehead atoms. The lowest BCUT2D eigenvalue weighted by Gasteiger charge is -2.07. The summed E-state index contributed by atoms with van der Waals surface area (Å²) >= 11 is 0. The van der Waals surface area contributed by atoms with Gasteiger partial charge in [0.15, 0.2) is 0 Å². The summed E-state index contributed by atoms with van der Waals surface area (Å²) in [5, 5.41) is 2.94. The number of aryl methyl sites for hydroxylation is 2. The van der Waals surface area contributed by atoms with Crippen molar-refractivity contribution in [3.8, 4) is 11.3 Å². The Hall–Kier alpha value is -1.97. The van der Waals surface area contributed by atoms with Gasteiger partial charge in [0.2, 0.25) is 5.95 Å². The number of aromatic nitrogens is 3. The summed E-state index contributed by atoms with van der Waals surface area (Å²) in [5.74, 6) is 0.634. The molecule has 0 aliphatic carbocycles. The molecule has 0 amide bonds. The molecule has 1 N–H and O–H groups in total. The van der Waals surface area contributed by atoms with Gasteiger partial charge in [-0.1, -0.05) is 0 Å². The predicted molar refractivity (Wildman–Crippen MR) is 64.3 cm³/mol. The maximum absolute atomic E-state index is 4.45. The van der Waals surface area contributed by atoms with E-state index in [2.05, 4.69) is 20.3 Å². The van der Waals surface area contributed by atoms with E-state index >= 15 is 0 Å². The van der Waals surface area contributed by atoms with Crippen LogP contribution in [0.3, 0.4) is 0 Å². The molecule has 0 atom stereocenters. The molecule has 0 fully saturated rings. The Morgan fingerprint density at radius 1 is 1.19 bits per heavy atom. The highest BCUT2D eigenvalue weighted by atomic mass is 15.1. The number of nitrogens with zero attached hydrogens (tertiary/aromatic N) is 3. The first-order valence-electron chi connectivity index (χ1n) is 5.15. The molecule has 0 spiro atoms. The summed E-state index contributed by atoms with van der Waals surface area (Å²) in [6.45, 7) is 3.98. The molecular formula is C12H14N4. The molecular weight excluding hydrogens is 200 g/mol. The van der Waals surface area contributed by atoms with E-state index in [1.165, 1.54) is 0 Å². The lowest BCUT2D eigenvalue weighted by molar-refractivity contribution is 1.12. The van der Waals surface area contributed by atoms with Gasteiger partial charge in [-0.15, -0.1) is 0 Å². The monoisotopic (exact) mass is 214 g/mol. The van der Waals surface area contributed by atoms with Gasteiger partial charge in [-0.05, 0) is 31.5 Å². The molecule has 0 radical (unpaired) electrons. The van der Waals surface area contributed by atoms with Crippen LogP contribution < -0.4 is 5.32 Å². The maximum atomic E-state index is 4.45. The number of pyridine rings is 1. The molecule has 4 heteroatoms. The quantitative estimate of drug-likeness (QED) is 0.832. The summed E-state index contributed by atoms with van der Waals surface area (Å²) in [6.07, 6.45) is 3.62. The second-order valence-corrected chi connectivity index (χ2v) is 3.66. The van der Waals surface area contributed by atoms with Gasteiger partial charge >= 0.3 is 0 Å². The first-order valence-corrected chi connectivity index (χ1v) is 5.15. The molecule has 0 aliphatic heterocycles. The third-order valence-electron chi connectivity index (χ3n) is 2.37. The summed E-state index contributed by atoms with van der Waals surface area (Å²) < 4.78 is 0. The predicted octanol–water partition coefficient (Wildman–Crippen LogP) is 2.20. The fourth-order valence-corrected chi connectivity index (χ4v) is 1.55. The molecule has 0 saturated heterocycles. The highest BCUT2D eigenvalue weighted by molar-refractivity contribution is 5.63. The summed E-state index contributed by atoms with van der Waals surface area (Å²) in [4.78, 5) is 12.8. The maximum Gasteiger partial charge on any atom is 0.222 e. The van der Waals surface area contributed by atoms with Gasteiger partial charge in [-0.2, -0.15) is 0 Å². The molecule has 2 heterocycles. The first-order chi connectivity index (χ1) is 7.70. The summed E-state index contributed by atoms with van der Waals surface area (Å²) in [5.41, 5.74) is 4.07. The van der Waals surface area contributed by atoms with Gasteiger partial charge in [0.05, 0.1) is 5.69 Å². The number of nitrogens with one attached hydrogen (secondary N) is 1. The van der Waals surface area contributed by atoms with Gasteiger partial charge in [0.25, 0.3) is 0 Å². The van der Waals surface area contributed by atoms with Crippen molar-refractivity contribution < 1.29 is 0 Å². The van der Waals surface area contributed by atoms with E-state index in [9.17, 15) is 0 Å². The minimum absolute atomic E-state index is 0.634. The molecule has 0 aromatic carbocycles. The van der Waals surface area contributed by atoms with Crippen molar-refractivity contribution in [2.45, 2.75) is 13.8 Å². The van der Waals surface area contributed by atoms with Crippen molar-refractivity contribution in [3.05, 3.63) is 35.8 Å². The van der Waals surface area contributed by atoms with Crippen molar-refractivity contribution in [1.82, 2.24) is 15.0 Å². The van der Waals surface area contributed by atoms with Crippen LogP contribution in [0, 0.1) is 13.8 Å². The van der Waals surface area contributed by atoms with Crippen LogP contribution in [-0.2, 0) is 0 Å². The SMILES string of the molecule is CNc1ncc(C)c(-c2ccnc(C)c2)n1. The van der Waals surface area contributed by atoms with Gasteiger partial charge in [0.1, 0.15) is 0 Å². The summed E-state index contributed by atoms with van der Waals surface area (Å²) in [6, 6.07) is 3.98. The zero-order chi connectivity index (χ0) is 11.5. The van der Waals surface area contributed by atoms with Crippen molar-refractivity contribution in [2.75, 3.05) is 12.4 Å². The lowest BCUT2D eigenvalue weighted by Crippen LogP contribution is -1.99. The van der Waals surface area contributed by atoms with Crippen molar-refractivity contribution in [1.29, 1.82) is 0 Å². The van der Waals surface area contributed by atoms with Crippen LogP contribution in [0.25, 0.3) is 11.3 Å². The molecule has 82 valence electrons. The number of rotatable bonds is 2. The smallest absolute Gasteiger partial charge is 0.222 e. The Kier molecular flexibility index (Phi) is 2.81. The zero-order valence-corrected chi connectivity index (χ0v) is 9.65. The molecule has 2 aromatic rings. The van der Waals surface area contributed by atoms with Crippen LogP contribution in [0.1, 0.15) is 11.3 Å². The highest BCUT2D eigenvalue weighted by Gasteiger charge is 2.05. The van der Waals surface area contributed by atoms with Crippen molar-refractivity contribution in [2.24, 2.45) is 0 Å². The van der Waals surface area contributed by atoms with Crippen LogP contribution in [-0.4, -0.2) is 22.0 Å². The topological polar surface area (TPSA) is 50.7 Å². The number of anilines is 1. The molecule has 16 heavy (non-hydrogen) atoms. The van der Waals surface area contributed by atoms with E-state index in [1.54, 1.807) is 6.20 Å². The third-order valence-corrected chi connectivity index (χ3v) is 2.37. The van der Waals surface area contributed by atoms with Crippen LogP contribution in [0.2, 0.25) is 0 Å². The standard InChI is InChI=1S/C12H14N4/c1-8-7-15-12(13-3)16-11(8)10-4-5-14-9(2)6-10/h4-7H,1-3H3,(H,13,15,16). The minimum Gasteiger partial charge on any atom is -0.357 e. The second kappa shape index (κ2) is 4.26. The Labute approximate surface area is 94.8 Å². The van der Waals surface area contributed by atoms with Crippen LogP contribution in [0.15, 0.2) is 24.5 Å². The third kappa shape index (κ3) is 2.00. The second-order valence-electron chi connectivity index (χ2n) is 3.66. The van der Waals surface area contributed by atoms with Gasteiger partial charge in [-0.3, -0.25) is 4.98 Å². The first kappa shape index (κ1) is 10.5. The van der Waals surface area contributed by atoms with Crippen molar-refractivity contribution >= 4 is 5.95 Å². The number of hydrogen-bond acceptors (Lipinski definition) is 4. The lowest BCUT2D eigenvalue weighted by atomic mass is 10.1. The Morgan fingerprint density at radius 3 is 2.69 bits per heavy atom. The van der Waals surface area contributed by atoms with E-state index < -0.39 is 0 Å². The molecule has 2 aromatic heterocycles. The molecule has 2 rings (SSSR count). The number of hydrogen-bond donors (Lipinski definition) is 1. The average Bonchev–Trinajstić information content (AvgIpc) is 2.30. The van der Waals surface area contributed by atoms with E-state index in [0.717, 1.165) is 22.5 Å². The molecule has 0 unspecified atom stereocenters. The minimum atomic E-state index is 0.634. The highest BCUT2D eigenvalue weighted by Crippen LogP contribution is 2.21. The molecule has 0 aliphatic rings. The average molecular weight is 214 g/mol. The Morgan fingerprint density at radius 2 is 2.00 bits per heavy atom. The fraction of sp³-hybridized carbons (Fsp3) is 0.250. The zero-order valence-electron chi connectivity index (χ0n) is 9.65. The Balaban J connectivity index is 2.54. The Bertz CT molecular complexity index is 508. The molecule has 0 saturated carbocycles. The van der Waals surface area contributed by atoms with E-state index in [-0.39, 0.29) is 0 Å². The van der Waals surface area contributed by atoms with E-state index in [1.807, 2.05) is 39.2 Å². The van der Waals surface area contributed by atoms with Gasteiger partial charge in [0, 0.05) is 30.7 Å². The van der Waals surface area contributed by atoms with Crippen LogP contribution >= 0.6 is 0 Å². The largest absolute Gasteiger partial charge is 0.357 e. The van der Waals surface area contributed by atoms with E-state index in [0.29, 0.717) is 5.95 Å². The summed E-state index contributed by atoms with van der Waals surface area (Å²) in [7, 11) is 1.81. The normalized spacial score (nSPS) is 10.2. The van der Waals surface area contributed by atoms with Crippen LogP contribution in [0.5, 0.6) is 0 Å². The fourth-order valence-electron chi connectivity index (χ4n) is 1.55. The van der Waals surface area contributed by atoms with Crippen molar-refractivity contribution in [3.63, 3.8) is 0 Å². The van der Waals surface area contributed by atoms with Gasteiger partial charge < -0.3 is 5.32 Å². The van der Waals surface area contributed by atoms with Crippen LogP contribution in [0.4, 0.5) is 5.95 Å².